The Hall–Kier alpha value is -1.40. The first-order valence-corrected chi connectivity index (χ1v) is 7.58. The summed E-state index contributed by atoms with van der Waals surface area (Å²) in [6.07, 6.45) is 2.13. The third kappa shape index (κ3) is 3.80. The maximum Gasteiger partial charge on any atom is 0.263 e. The maximum atomic E-state index is 12.4. The van der Waals surface area contributed by atoms with Gasteiger partial charge in [-0.3, -0.25) is 9.59 Å². The Bertz CT molecular complexity index is 510. The summed E-state index contributed by atoms with van der Waals surface area (Å²) < 4.78 is 0. The van der Waals surface area contributed by atoms with Gasteiger partial charge in [0.25, 0.3) is 5.91 Å². The number of aliphatic hydroxyl groups is 1. The summed E-state index contributed by atoms with van der Waals surface area (Å²) in [5.74, 6) is -0.166. The SMILES string of the molecule is CC(=O)Nc1ccc(C(=O)N2CCCC(C)(O)CC2)s1. The third-order valence-corrected chi connectivity index (χ3v) is 4.46. The van der Waals surface area contributed by atoms with E-state index in [1.54, 1.807) is 17.0 Å². The highest BCUT2D eigenvalue weighted by Crippen LogP contribution is 2.26. The molecule has 0 saturated carbocycles. The highest BCUT2D eigenvalue weighted by molar-refractivity contribution is 7.18. The third-order valence-electron chi connectivity index (χ3n) is 3.47. The van der Waals surface area contributed by atoms with E-state index in [1.807, 2.05) is 6.92 Å². The van der Waals surface area contributed by atoms with Crippen molar-refractivity contribution in [2.75, 3.05) is 18.4 Å². The van der Waals surface area contributed by atoms with E-state index in [9.17, 15) is 14.7 Å². The van der Waals surface area contributed by atoms with Gasteiger partial charge in [0.15, 0.2) is 0 Å². The second-order valence-electron chi connectivity index (χ2n) is 5.49. The first-order valence-electron chi connectivity index (χ1n) is 6.76. The number of hydrogen-bond acceptors (Lipinski definition) is 4. The van der Waals surface area contributed by atoms with E-state index < -0.39 is 5.60 Å². The van der Waals surface area contributed by atoms with Gasteiger partial charge in [0.1, 0.15) is 0 Å². The van der Waals surface area contributed by atoms with E-state index in [4.69, 9.17) is 0 Å². The van der Waals surface area contributed by atoms with Crippen LogP contribution in [-0.2, 0) is 4.79 Å². The number of thiophene rings is 1. The molecule has 5 nitrogen and oxygen atoms in total. The molecule has 2 N–H and O–H groups in total. The Labute approximate surface area is 122 Å². The molecule has 1 aromatic heterocycles. The Balaban J connectivity index is 2.03. The molecule has 0 aliphatic carbocycles. The van der Waals surface area contributed by atoms with Gasteiger partial charge in [-0.25, -0.2) is 0 Å². The molecule has 2 heterocycles. The van der Waals surface area contributed by atoms with Crippen molar-refractivity contribution in [3.8, 4) is 0 Å². The average Bonchev–Trinajstić information content (AvgIpc) is 2.72. The Morgan fingerprint density at radius 3 is 2.80 bits per heavy atom. The maximum absolute atomic E-state index is 12.4. The van der Waals surface area contributed by atoms with Crippen molar-refractivity contribution in [2.45, 2.75) is 38.7 Å². The summed E-state index contributed by atoms with van der Waals surface area (Å²) in [4.78, 5) is 25.8. The average molecular weight is 296 g/mol. The minimum absolute atomic E-state index is 0.0238. The zero-order chi connectivity index (χ0) is 14.8. The summed E-state index contributed by atoms with van der Waals surface area (Å²) in [6, 6.07) is 3.48. The van der Waals surface area contributed by atoms with E-state index in [0.717, 1.165) is 12.8 Å². The molecule has 0 bridgehead atoms. The fourth-order valence-electron chi connectivity index (χ4n) is 2.32. The first kappa shape index (κ1) is 15.0. The number of nitrogens with one attached hydrogen (secondary N) is 1. The van der Waals surface area contributed by atoms with E-state index in [-0.39, 0.29) is 11.8 Å². The van der Waals surface area contributed by atoms with Gasteiger partial charge in [0.05, 0.1) is 15.5 Å². The van der Waals surface area contributed by atoms with E-state index in [1.165, 1.54) is 18.3 Å². The normalized spacial score (nSPS) is 23.2. The molecule has 0 aromatic carbocycles. The lowest BCUT2D eigenvalue weighted by molar-refractivity contribution is -0.114. The summed E-state index contributed by atoms with van der Waals surface area (Å²) in [6.45, 7) is 4.50. The molecular weight excluding hydrogens is 276 g/mol. The molecule has 1 aromatic rings. The quantitative estimate of drug-likeness (QED) is 0.878. The number of carbonyl (C=O) groups is 2. The van der Waals surface area contributed by atoms with Crippen molar-refractivity contribution in [1.82, 2.24) is 4.90 Å². The Morgan fingerprint density at radius 2 is 2.10 bits per heavy atom. The monoisotopic (exact) mass is 296 g/mol. The van der Waals surface area contributed by atoms with Crippen LogP contribution in [0.4, 0.5) is 5.00 Å². The van der Waals surface area contributed by atoms with Gasteiger partial charge in [0.2, 0.25) is 5.91 Å². The molecule has 1 aliphatic heterocycles. The fraction of sp³-hybridized carbons (Fsp3) is 0.571. The van der Waals surface area contributed by atoms with Crippen LogP contribution in [-0.4, -0.2) is 40.5 Å². The predicted molar refractivity (Wildman–Crippen MR) is 79.0 cm³/mol. The summed E-state index contributed by atoms with van der Waals surface area (Å²) in [7, 11) is 0. The molecule has 1 saturated heterocycles. The van der Waals surface area contributed by atoms with E-state index >= 15 is 0 Å². The molecule has 0 spiro atoms. The highest BCUT2D eigenvalue weighted by atomic mass is 32.1. The van der Waals surface area contributed by atoms with Gasteiger partial charge >= 0.3 is 0 Å². The second kappa shape index (κ2) is 5.93. The summed E-state index contributed by atoms with van der Waals surface area (Å²) in [5.41, 5.74) is -0.675. The second-order valence-corrected chi connectivity index (χ2v) is 6.57. The number of carbonyl (C=O) groups excluding carboxylic acids is 2. The molecule has 6 heteroatoms. The lowest BCUT2D eigenvalue weighted by Gasteiger charge is -2.22. The number of likely N-dealkylation sites (tertiary alicyclic amines) is 1. The van der Waals surface area contributed by atoms with Gasteiger partial charge in [0, 0.05) is 20.0 Å². The number of anilines is 1. The van der Waals surface area contributed by atoms with Crippen molar-refractivity contribution < 1.29 is 14.7 Å². The van der Waals surface area contributed by atoms with Crippen LogP contribution in [0.1, 0.15) is 42.8 Å². The van der Waals surface area contributed by atoms with Gasteiger partial charge in [-0.2, -0.15) is 0 Å². The van der Waals surface area contributed by atoms with Crippen LogP contribution >= 0.6 is 11.3 Å². The molecule has 110 valence electrons. The number of nitrogens with zero attached hydrogens (tertiary/aromatic N) is 1. The minimum atomic E-state index is -0.675. The zero-order valence-electron chi connectivity index (χ0n) is 11.8. The summed E-state index contributed by atoms with van der Waals surface area (Å²) in [5, 5.41) is 13.4. The highest BCUT2D eigenvalue weighted by Gasteiger charge is 2.27. The molecule has 1 unspecified atom stereocenters. The van der Waals surface area contributed by atoms with Gasteiger partial charge < -0.3 is 15.3 Å². The van der Waals surface area contributed by atoms with Gasteiger partial charge in [-0.15, -0.1) is 11.3 Å². The molecular formula is C14H20N2O3S. The van der Waals surface area contributed by atoms with Gasteiger partial charge in [-0.05, 0) is 38.3 Å². The van der Waals surface area contributed by atoms with Crippen LogP contribution in [0.15, 0.2) is 12.1 Å². The molecule has 1 aliphatic rings. The molecule has 2 rings (SSSR count). The van der Waals surface area contributed by atoms with Crippen LogP contribution in [0.25, 0.3) is 0 Å². The molecule has 1 fully saturated rings. The minimum Gasteiger partial charge on any atom is -0.390 e. The number of hydrogen-bond donors (Lipinski definition) is 2. The van der Waals surface area contributed by atoms with E-state index in [2.05, 4.69) is 5.32 Å². The van der Waals surface area contributed by atoms with Crippen LogP contribution in [0.5, 0.6) is 0 Å². The van der Waals surface area contributed by atoms with Gasteiger partial charge in [-0.1, -0.05) is 0 Å². The van der Waals surface area contributed by atoms with Crippen molar-refractivity contribution >= 4 is 28.2 Å². The molecule has 20 heavy (non-hydrogen) atoms. The number of amides is 2. The van der Waals surface area contributed by atoms with Crippen molar-refractivity contribution in [3.05, 3.63) is 17.0 Å². The molecule has 1 atom stereocenters. The molecule has 2 amide bonds. The lowest BCUT2D eigenvalue weighted by Crippen LogP contribution is -2.33. The van der Waals surface area contributed by atoms with Crippen LogP contribution in [0, 0.1) is 0 Å². The van der Waals surface area contributed by atoms with E-state index in [0.29, 0.717) is 29.4 Å². The lowest BCUT2D eigenvalue weighted by atomic mass is 9.98. The first-order chi connectivity index (χ1) is 9.37. The van der Waals surface area contributed by atoms with Crippen molar-refractivity contribution in [2.24, 2.45) is 0 Å². The Morgan fingerprint density at radius 1 is 1.35 bits per heavy atom. The van der Waals surface area contributed by atoms with Crippen molar-refractivity contribution in [3.63, 3.8) is 0 Å². The Kier molecular flexibility index (Phi) is 4.45. The summed E-state index contributed by atoms with van der Waals surface area (Å²) >= 11 is 1.28. The van der Waals surface area contributed by atoms with Crippen LogP contribution in [0.3, 0.4) is 0 Å². The predicted octanol–water partition coefficient (Wildman–Crippen LogP) is 2.08. The van der Waals surface area contributed by atoms with Crippen molar-refractivity contribution in [1.29, 1.82) is 0 Å². The standard InChI is InChI=1S/C14H20N2O3S/c1-10(17)15-12-5-4-11(20-12)13(18)16-8-3-6-14(2,19)7-9-16/h4-5,19H,3,6-9H2,1-2H3,(H,15,17). The number of rotatable bonds is 2. The fourth-order valence-corrected chi connectivity index (χ4v) is 3.24. The zero-order valence-corrected chi connectivity index (χ0v) is 12.6. The molecule has 0 radical (unpaired) electrons. The van der Waals surface area contributed by atoms with Crippen LogP contribution < -0.4 is 5.32 Å². The smallest absolute Gasteiger partial charge is 0.263 e. The van der Waals surface area contributed by atoms with Crippen LogP contribution in [0.2, 0.25) is 0 Å². The topological polar surface area (TPSA) is 69.6 Å². The largest absolute Gasteiger partial charge is 0.390 e.